The highest BCUT2D eigenvalue weighted by Gasteiger charge is 2.11. The van der Waals surface area contributed by atoms with Gasteiger partial charge in [-0.1, -0.05) is 18.2 Å². The lowest BCUT2D eigenvalue weighted by atomic mass is 10.1. The molecule has 0 bridgehead atoms. The van der Waals surface area contributed by atoms with Gasteiger partial charge in [-0.25, -0.2) is 0 Å². The molecule has 1 unspecified atom stereocenters. The number of aliphatic imine (C=N–C) groups is 1. The van der Waals surface area contributed by atoms with Crippen molar-refractivity contribution in [3.63, 3.8) is 0 Å². The van der Waals surface area contributed by atoms with E-state index < -0.39 is 6.10 Å². The van der Waals surface area contributed by atoms with Crippen LogP contribution in [-0.2, 0) is 0 Å². The van der Waals surface area contributed by atoms with E-state index in [1.54, 1.807) is 24.3 Å². The molecule has 0 fully saturated rings. The fourth-order valence-corrected chi connectivity index (χ4v) is 1.54. The van der Waals surface area contributed by atoms with Crippen molar-refractivity contribution >= 4 is 18.1 Å². The molecule has 0 saturated heterocycles. The van der Waals surface area contributed by atoms with Crippen LogP contribution in [0.5, 0.6) is 0 Å². The lowest BCUT2D eigenvalue weighted by Gasteiger charge is -2.10. The highest BCUT2D eigenvalue weighted by Crippen LogP contribution is 2.28. The molecule has 0 aromatic heterocycles. The maximum Gasteiger partial charge on any atom is 0.186 e. The SMILES string of the molecule is NC(N)=NCC(O)c1ccccc1SF. The molecule has 1 aromatic rings. The van der Waals surface area contributed by atoms with Gasteiger partial charge in [0.25, 0.3) is 0 Å². The summed E-state index contributed by atoms with van der Waals surface area (Å²) in [5.74, 6) is -0.0977. The van der Waals surface area contributed by atoms with Crippen molar-refractivity contribution < 1.29 is 8.99 Å². The Balaban J connectivity index is 2.81. The third kappa shape index (κ3) is 3.41. The smallest absolute Gasteiger partial charge is 0.186 e. The predicted molar refractivity (Wildman–Crippen MR) is 59.0 cm³/mol. The summed E-state index contributed by atoms with van der Waals surface area (Å²) in [5.41, 5.74) is 10.7. The molecule has 0 aliphatic rings. The van der Waals surface area contributed by atoms with E-state index in [1.807, 2.05) is 0 Å². The monoisotopic (exact) mass is 229 g/mol. The molecule has 0 saturated carbocycles. The molecule has 0 aliphatic carbocycles. The van der Waals surface area contributed by atoms with Crippen LogP contribution in [0, 0.1) is 0 Å². The highest BCUT2D eigenvalue weighted by atomic mass is 32.2. The maximum atomic E-state index is 12.5. The molecule has 0 radical (unpaired) electrons. The minimum Gasteiger partial charge on any atom is -0.386 e. The summed E-state index contributed by atoms with van der Waals surface area (Å²) >= 11 is 0.0870. The quantitative estimate of drug-likeness (QED) is 0.530. The molecule has 82 valence electrons. The lowest BCUT2D eigenvalue weighted by Crippen LogP contribution is -2.23. The van der Waals surface area contributed by atoms with Gasteiger partial charge in [-0.2, -0.15) is 3.89 Å². The van der Waals surface area contributed by atoms with Crippen molar-refractivity contribution in [2.45, 2.75) is 11.0 Å². The first-order valence-electron chi connectivity index (χ1n) is 4.26. The van der Waals surface area contributed by atoms with Crippen LogP contribution >= 0.6 is 12.1 Å². The van der Waals surface area contributed by atoms with Gasteiger partial charge in [-0.3, -0.25) is 4.99 Å². The number of halogens is 1. The number of hydrogen-bond donors (Lipinski definition) is 3. The second kappa shape index (κ2) is 5.57. The minimum absolute atomic E-state index is 0.0277. The topological polar surface area (TPSA) is 84.6 Å². The molecule has 0 aliphatic heterocycles. The van der Waals surface area contributed by atoms with Gasteiger partial charge in [0.15, 0.2) is 5.96 Å². The van der Waals surface area contributed by atoms with Crippen LogP contribution in [0.1, 0.15) is 11.7 Å². The van der Waals surface area contributed by atoms with E-state index in [1.165, 1.54) is 0 Å². The Labute approximate surface area is 91.5 Å². The van der Waals surface area contributed by atoms with Gasteiger partial charge in [0, 0.05) is 4.90 Å². The van der Waals surface area contributed by atoms with Crippen LogP contribution in [-0.4, -0.2) is 17.6 Å². The van der Waals surface area contributed by atoms with E-state index in [0.29, 0.717) is 10.5 Å². The Bertz CT molecular complexity index is 355. The fourth-order valence-electron chi connectivity index (χ4n) is 1.12. The Morgan fingerprint density at radius 1 is 1.47 bits per heavy atom. The van der Waals surface area contributed by atoms with Gasteiger partial charge < -0.3 is 16.6 Å². The first-order valence-corrected chi connectivity index (χ1v) is 4.97. The van der Waals surface area contributed by atoms with E-state index in [2.05, 4.69) is 4.99 Å². The zero-order valence-corrected chi connectivity index (χ0v) is 8.75. The molecule has 1 rings (SSSR count). The third-order valence-corrected chi connectivity index (χ3v) is 2.35. The summed E-state index contributed by atoms with van der Waals surface area (Å²) in [7, 11) is 0. The summed E-state index contributed by atoms with van der Waals surface area (Å²) in [6.45, 7) is 0.0277. The van der Waals surface area contributed by atoms with Gasteiger partial charge in [-0.05, 0) is 11.6 Å². The normalized spacial score (nSPS) is 12.1. The van der Waals surface area contributed by atoms with Crippen molar-refractivity contribution in [2.24, 2.45) is 16.5 Å². The van der Waals surface area contributed by atoms with Crippen LogP contribution < -0.4 is 11.5 Å². The maximum absolute atomic E-state index is 12.5. The zero-order chi connectivity index (χ0) is 11.3. The Hall–Kier alpha value is -1.27. The average Bonchev–Trinajstić information content (AvgIpc) is 2.25. The number of benzene rings is 1. The zero-order valence-electron chi connectivity index (χ0n) is 7.93. The standard InChI is InChI=1S/C9H12FN3OS/c10-15-8-4-2-1-3-6(8)7(14)5-13-9(11)12/h1-4,7,14H,5H2,(H4,11,12,13). The molecule has 0 spiro atoms. The van der Waals surface area contributed by atoms with Crippen molar-refractivity contribution in [3.8, 4) is 0 Å². The number of guanidine groups is 1. The first-order chi connectivity index (χ1) is 7.15. The molecule has 6 heteroatoms. The van der Waals surface area contributed by atoms with Gasteiger partial charge >= 0.3 is 0 Å². The molecule has 1 atom stereocenters. The average molecular weight is 229 g/mol. The van der Waals surface area contributed by atoms with Gasteiger partial charge in [0.1, 0.15) is 0 Å². The molecule has 0 amide bonds. The van der Waals surface area contributed by atoms with E-state index in [4.69, 9.17) is 11.5 Å². The molecular formula is C9H12FN3OS. The van der Waals surface area contributed by atoms with E-state index >= 15 is 0 Å². The lowest BCUT2D eigenvalue weighted by molar-refractivity contribution is 0.184. The number of rotatable bonds is 4. The third-order valence-electron chi connectivity index (χ3n) is 1.81. The fraction of sp³-hybridized carbons (Fsp3) is 0.222. The summed E-state index contributed by atoms with van der Waals surface area (Å²) < 4.78 is 12.5. The molecule has 0 heterocycles. The minimum atomic E-state index is -0.897. The van der Waals surface area contributed by atoms with E-state index in [0.717, 1.165) is 0 Å². The summed E-state index contributed by atoms with van der Waals surface area (Å²) in [6, 6.07) is 6.63. The van der Waals surface area contributed by atoms with Crippen molar-refractivity contribution in [1.29, 1.82) is 0 Å². The number of nitrogens with zero attached hydrogens (tertiary/aromatic N) is 1. The molecule has 15 heavy (non-hydrogen) atoms. The van der Waals surface area contributed by atoms with Crippen LogP contribution in [0.25, 0.3) is 0 Å². The Morgan fingerprint density at radius 3 is 2.73 bits per heavy atom. The highest BCUT2D eigenvalue weighted by molar-refractivity contribution is 7.94. The molecular weight excluding hydrogens is 217 g/mol. The summed E-state index contributed by atoms with van der Waals surface area (Å²) in [5, 5.41) is 9.68. The van der Waals surface area contributed by atoms with Crippen LogP contribution in [0.4, 0.5) is 3.89 Å². The summed E-state index contributed by atoms with van der Waals surface area (Å²) in [4.78, 5) is 4.04. The first kappa shape index (κ1) is 11.8. The second-order valence-corrected chi connectivity index (χ2v) is 3.49. The predicted octanol–water partition coefficient (Wildman–Crippen LogP) is 0.970. The van der Waals surface area contributed by atoms with Gasteiger partial charge in [0.05, 0.1) is 24.8 Å². The molecule has 1 aromatic carbocycles. The van der Waals surface area contributed by atoms with Crippen molar-refractivity contribution in [1.82, 2.24) is 0 Å². The molecule has 4 nitrogen and oxygen atoms in total. The van der Waals surface area contributed by atoms with E-state index in [9.17, 15) is 8.99 Å². The van der Waals surface area contributed by atoms with Crippen LogP contribution in [0.15, 0.2) is 34.2 Å². The number of aliphatic hydroxyl groups excluding tert-OH is 1. The molecule has 5 N–H and O–H groups in total. The Morgan fingerprint density at radius 2 is 2.13 bits per heavy atom. The van der Waals surface area contributed by atoms with E-state index in [-0.39, 0.29) is 24.7 Å². The largest absolute Gasteiger partial charge is 0.386 e. The number of hydrogen-bond acceptors (Lipinski definition) is 3. The van der Waals surface area contributed by atoms with Crippen molar-refractivity contribution in [2.75, 3.05) is 6.54 Å². The van der Waals surface area contributed by atoms with Crippen molar-refractivity contribution in [3.05, 3.63) is 29.8 Å². The summed E-state index contributed by atoms with van der Waals surface area (Å²) in [6.07, 6.45) is -0.897. The van der Waals surface area contributed by atoms with Gasteiger partial charge in [-0.15, -0.1) is 0 Å². The number of aliphatic hydroxyl groups is 1. The van der Waals surface area contributed by atoms with Crippen LogP contribution in [0.2, 0.25) is 0 Å². The number of nitrogens with two attached hydrogens (primary N) is 2. The van der Waals surface area contributed by atoms with Crippen LogP contribution in [0.3, 0.4) is 0 Å². The Kier molecular flexibility index (Phi) is 4.38. The van der Waals surface area contributed by atoms with Gasteiger partial charge in [0.2, 0.25) is 0 Å². The second-order valence-electron chi connectivity index (χ2n) is 2.90.